The molecular formula is C17H21N3O5S. The minimum atomic E-state index is -0.435. The molecule has 0 bridgehead atoms. The smallest absolute Gasteiger partial charge is 0.258 e. The van der Waals surface area contributed by atoms with Crippen LogP contribution in [0.5, 0.6) is 11.6 Å². The molecule has 3 N–H and O–H groups in total. The van der Waals surface area contributed by atoms with Gasteiger partial charge in [0.2, 0.25) is 11.8 Å². The van der Waals surface area contributed by atoms with Crippen molar-refractivity contribution in [2.75, 3.05) is 31.4 Å². The Morgan fingerprint density at radius 2 is 2.08 bits per heavy atom. The number of nitrogens with zero attached hydrogens (tertiary/aromatic N) is 1. The Morgan fingerprint density at radius 1 is 1.35 bits per heavy atom. The first kappa shape index (κ1) is 19.8. The summed E-state index contributed by atoms with van der Waals surface area (Å²) in [7, 11) is 1.57. The van der Waals surface area contributed by atoms with Gasteiger partial charge in [0, 0.05) is 18.7 Å². The zero-order valence-electron chi connectivity index (χ0n) is 14.6. The Kier molecular flexibility index (Phi) is 7.49. The fourth-order valence-corrected chi connectivity index (χ4v) is 2.74. The average molecular weight is 379 g/mol. The van der Waals surface area contributed by atoms with E-state index in [2.05, 4.69) is 15.3 Å². The Balaban J connectivity index is 1.91. The zero-order valence-corrected chi connectivity index (χ0v) is 15.4. The van der Waals surface area contributed by atoms with Gasteiger partial charge in [0.25, 0.3) is 5.56 Å². The van der Waals surface area contributed by atoms with E-state index in [1.807, 2.05) is 6.92 Å². The van der Waals surface area contributed by atoms with Crippen molar-refractivity contribution in [3.05, 3.63) is 40.2 Å². The molecular weight excluding hydrogens is 358 g/mol. The lowest BCUT2D eigenvalue weighted by molar-refractivity contribution is -0.113. The summed E-state index contributed by atoms with van der Waals surface area (Å²) in [6.45, 7) is 2.70. The lowest BCUT2D eigenvalue weighted by Gasteiger charge is -2.07. The summed E-state index contributed by atoms with van der Waals surface area (Å²) in [6, 6.07) is 6.92. The summed E-state index contributed by atoms with van der Waals surface area (Å²) < 4.78 is 10.2. The van der Waals surface area contributed by atoms with Crippen molar-refractivity contribution in [1.29, 1.82) is 0 Å². The Morgan fingerprint density at radius 3 is 2.69 bits per heavy atom. The Hall–Kier alpha value is -2.52. The third kappa shape index (κ3) is 5.78. The number of aromatic nitrogens is 2. The lowest BCUT2D eigenvalue weighted by Crippen LogP contribution is -2.18. The third-order valence-corrected chi connectivity index (χ3v) is 4.26. The van der Waals surface area contributed by atoms with Crippen LogP contribution in [0.3, 0.4) is 0 Å². The van der Waals surface area contributed by atoms with Crippen LogP contribution in [-0.4, -0.2) is 47.1 Å². The van der Waals surface area contributed by atoms with Gasteiger partial charge in [-0.25, -0.2) is 0 Å². The molecule has 1 amide bonds. The number of benzene rings is 1. The van der Waals surface area contributed by atoms with Crippen molar-refractivity contribution < 1.29 is 19.4 Å². The maximum atomic E-state index is 12.0. The number of nitrogens with one attached hydrogen (secondary N) is 2. The summed E-state index contributed by atoms with van der Waals surface area (Å²) in [5.74, 6) is 0.125. The van der Waals surface area contributed by atoms with E-state index in [4.69, 9.17) is 9.47 Å². The topological polar surface area (TPSA) is 114 Å². The van der Waals surface area contributed by atoms with Crippen molar-refractivity contribution in [1.82, 2.24) is 9.97 Å². The van der Waals surface area contributed by atoms with Gasteiger partial charge in [0.15, 0.2) is 5.16 Å². The number of rotatable bonds is 9. The van der Waals surface area contributed by atoms with Crippen LogP contribution < -0.4 is 15.6 Å². The molecule has 0 saturated heterocycles. The van der Waals surface area contributed by atoms with Crippen LogP contribution in [0.25, 0.3) is 0 Å². The number of hydrogen-bond donors (Lipinski definition) is 3. The van der Waals surface area contributed by atoms with E-state index in [0.717, 1.165) is 11.8 Å². The molecule has 1 heterocycles. The minimum Gasteiger partial charge on any atom is -0.497 e. The quantitative estimate of drug-likeness (QED) is 0.346. The highest BCUT2D eigenvalue weighted by Crippen LogP contribution is 2.18. The number of hydrogen-bond acceptors (Lipinski definition) is 7. The molecule has 140 valence electrons. The summed E-state index contributed by atoms with van der Waals surface area (Å²) in [5.41, 5.74) is 0.368. The van der Waals surface area contributed by atoms with E-state index in [1.54, 1.807) is 31.4 Å². The van der Waals surface area contributed by atoms with Crippen molar-refractivity contribution >= 4 is 23.4 Å². The molecule has 1 aromatic heterocycles. The van der Waals surface area contributed by atoms with Crippen LogP contribution in [0.4, 0.5) is 5.69 Å². The number of H-pyrrole nitrogens is 1. The van der Waals surface area contributed by atoms with Crippen molar-refractivity contribution in [3.8, 4) is 11.6 Å². The molecule has 0 fully saturated rings. The van der Waals surface area contributed by atoms with Crippen LogP contribution in [0.15, 0.2) is 34.2 Å². The molecule has 8 nitrogen and oxygen atoms in total. The summed E-state index contributed by atoms with van der Waals surface area (Å²) >= 11 is 1.03. The van der Waals surface area contributed by atoms with Gasteiger partial charge in [-0.2, -0.15) is 4.98 Å². The number of carbonyl (C=O) groups is 1. The second kappa shape index (κ2) is 9.83. The number of amides is 1. The molecule has 9 heteroatoms. The molecule has 1 aromatic carbocycles. The summed E-state index contributed by atoms with van der Waals surface area (Å²) in [5, 5.41) is 12.8. The standard InChI is InChI=1S/C17H21N3O5S/c1-3-25-9-8-13-15(22)19-17(20-16(13)23)26-10-14(21)18-11-4-6-12(24-2)7-5-11/h4-7H,3,8-10H2,1-2H3,(H,18,21)(H2,19,20,22,23). The SMILES string of the molecule is CCOCCc1c(O)nc(SCC(=O)Nc2ccc(OC)cc2)[nH]c1=O. The van der Waals surface area contributed by atoms with E-state index in [9.17, 15) is 14.7 Å². The number of methoxy groups -OCH3 is 1. The molecule has 0 aliphatic rings. The Bertz CT molecular complexity index is 792. The van der Waals surface area contributed by atoms with Gasteiger partial charge in [-0.05, 0) is 31.2 Å². The number of thioether (sulfide) groups is 1. The van der Waals surface area contributed by atoms with E-state index in [1.165, 1.54) is 0 Å². The first-order valence-electron chi connectivity index (χ1n) is 8.00. The van der Waals surface area contributed by atoms with Gasteiger partial charge in [-0.15, -0.1) is 0 Å². The first-order valence-corrected chi connectivity index (χ1v) is 8.98. The molecule has 0 unspecified atom stereocenters. The normalized spacial score (nSPS) is 10.5. The molecule has 0 saturated carbocycles. The van der Waals surface area contributed by atoms with Crippen LogP contribution in [0.2, 0.25) is 0 Å². The Labute approximate surface area is 154 Å². The van der Waals surface area contributed by atoms with Gasteiger partial charge in [0.1, 0.15) is 5.75 Å². The number of aromatic hydroxyl groups is 1. The molecule has 0 aliphatic heterocycles. The molecule has 2 rings (SSSR count). The monoisotopic (exact) mass is 379 g/mol. The number of ether oxygens (including phenoxy) is 2. The predicted molar refractivity (Wildman–Crippen MR) is 99.1 cm³/mol. The second-order valence-electron chi connectivity index (χ2n) is 5.19. The maximum Gasteiger partial charge on any atom is 0.258 e. The second-order valence-corrected chi connectivity index (χ2v) is 6.15. The fourth-order valence-electron chi connectivity index (χ4n) is 2.08. The van der Waals surface area contributed by atoms with Crippen LogP contribution in [-0.2, 0) is 16.0 Å². The van der Waals surface area contributed by atoms with Crippen LogP contribution >= 0.6 is 11.8 Å². The van der Waals surface area contributed by atoms with E-state index in [-0.39, 0.29) is 34.7 Å². The predicted octanol–water partition coefficient (Wildman–Crippen LogP) is 1.79. The van der Waals surface area contributed by atoms with Crippen molar-refractivity contribution in [3.63, 3.8) is 0 Å². The van der Waals surface area contributed by atoms with Crippen molar-refractivity contribution in [2.45, 2.75) is 18.5 Å². The highest BCUT2D eigenvalue weighted by Gasteiger charge is 2.12. The molecule has 0 radical (unpaired) electrons. The van der Waals surface area contributed by atoms with Crippen LogP contribution in [0.1, 0.15) is 12.5 Å². The number of aromatic amines is 1. The minimum absolute atomic E-state index is 0.0344. The lowest BCUT2D eigenvalue weighted by atomic mass is 10.2. The van der Waals surface area contributed by atoms with Gasteiger partial charge < -0.3 is 24.9 Å². The van der Waals surface area contributed by atoms with Gasteiger partial charge in [-0.1, -0.05) is 11.8 Å². The van der Waals surface area contributed by atoms with E-state index < -0.39 is 5.56 Å². The van der Waals surface area contributed by atoms with Gasteiger partial charge in [-0.3, -0.25) is 9.59 Å². The maximum absolute atomic E-state index is 12.0. The summed E-state index contributed by atoms with van der Waals surface area (Å²) in [4.78, 5) is 30.5. The van der Waals surface area contributed by atoms with Gasteiger partial charge >= 0.3 is 0 Å². The first-order chi connectivity index (χ1) is 12.5. The molecule has 2 aromatic rings. The van der Waals surface area contributed by atoms with Crippen molar-refractivity contribution in [2.24, 2.45) is 0 Å². The number of anilines is 1. The fraction of sp³-hybridized carbons (Fsp3) is 0.353. The van der Waals surface area contributed by atoms with E-state index >= 15 is 0 Å². The zero-order chi connectivity index (χ0) is 18.9. The van der Waals surface area contributed by atoms with Gasteiger partial charge in [0.05, 0.1) is 25.0 Å². The van der Waals surface area contributed by atoms with Crippen LogP contribution in [0, 0.1) is 0 Å². The summed E-state index contributed by atoms with van der Waals surface area (Å²) in [6.07, 6.45) is 0.269. The van der Waals surface area contributed by atoms with E-state index in [0.29, 0.717) is 24.7 Å². The molecule has 0 atom stereocenters. The molecule has 0 spiro atoms. The highest BCUT2D eigenvalue weighted by atomic mass is 32.2. The molecule has 26 heavy (non-hydrogen) atoms. The molecule has 0 aliphatic carbocycles. The highest BCUT2D eigenvalue weighted by molar-refractivity contribution is 7.99. The third-order valence-electron chi connectivity index (χ3n) is 3.39. The largest absolute Gasteiger partial charge is 0.497 e. The average Bonchev–Trinajstić information content (AvgIpc) is 2.63. The number of carbonyl (C=O) groups excluding carboxylic acids is 1.